The molecule has 1 amide bonds. The number of anilines is 1. The maximum atomic E-state index is 12.5. The first-order chi connectivity index (χ1) is 15.1. The summed E-state index contributed by atoms with van der Waals surface area (Å²) in [6.07, 6.45) is 6.19. The van der Waals surface area contributed by atoms with Gasteiger partial charge in [0, 0.05) is 31.1 Å². The zero-order valence-electron chi connectivity index (χ0n) is 18.1. The molecule has 160 valence electrons. The number of hydrogen-bond acceptors (Lipinski definition) is 5. The number of hydrogen-bond donors (Lipinski definition) is 1. The van der Waals surface area contributed by atoms with E-state index in [0.29, 0.717) is 18.6 Å². The third kappa shape index (κ3) is 4.39. The van der Waals surface area contributed by atoms with Gasteiger partial charge in [-0.25, -0.2) is 9.97 Å². The van der Waals surface area contributed by atoms with E-state index in [4.69, 9.17) is 4.74 Å². The molecule has 6 nitrogen and oxygen atoms in total. The van der Waals surface area contributed by atoms with Crippen LogP contribution in [-0.4, -0.2) is 46.6 Å². The number of carbonyl (C=O) groups excluding carboxylic acids is 1. The Morgan fingerprint density at radius 2 is 2.00 bits per heavy atom. The van der Waals surface area contributed by atoms with Gasteiger partial charge in [0.05, 0.1) is 5.52 Å². The van der Waals surface area contributed by atoms with Gasteiger partial charge in [0.15, 0.2) is 0 Å². The molecule has 2 aliphatic rings. The monoisotopic (exact) mass is 416 g/mol. The molecule has 2 saturated carbocycles. The number of carbonyl (C=O) groups is 1. The minimum absolute atomic E-state index is 0.0604. The molecule has 2 fully saturated rings. The smallest absolute Gasteiger partial charge is 0.249 e. The zero-order chi connectivity index (χ0) is 21.4. The van der Waals surface area contributed by atoms with Gasteiger partial charge in [-0.3, -0.25) is 4.79 Å². The van der Waals surface area contributed by atoms with Gasteiger partial charge >= 0.3 is 0 Å². The van der Waals surface area contributed by atoms with E-state index in [-0.39, 0.29) is 12.5 Å². The number of rotatable bonds is 8. The Bertz CT molecular complexity index is 1120. The summed E-state index contributed by atoms with van der Waals surface area (Å²) in [5.41, 5.74) is 5.59. The first kappa shape index (κ1) is 19.9. The third-order valence-corrected chi connectivity index (χ3v) is 6.07. The van der Waals surface area contributed by atoms with Crippen LogP contribution in [0, 0.1) is 6.92 Å². The summed E-state index contributed by atoms with van der Waals surface area (Å²) in [5.74, 6) is 0.972. The van der Waals surface area contributed by atoms with Gasteiger partial charge in [-0.05, 0) is 73.1 Å². The Kier molecular flexibility index (Phi) is 5.32. The average Bonchev–Trinajstić information content (AvgIpc) is 3.67. The molecule has 0 spiro atoms. The molecule has 2 aromatic carbocycles. The lowest BCUT2D eigenvalue weighted by atomic mass is 9.96. The summed E-state index contributed by atoms with van der Waals surface area (Å²) in [6.45, 7) is 2.87. The molecule has 0 atom stereocenters. The molecule has 0 aliphatic heterocycles. The van der Waals surface area contributed by atoms with E-state index in [1.165, 1.54) is 24.0 Å². The van der Waals surface area contributed by atoms with Crippen molar-refractivity contribution in [2.45, 2.75) is 51.2 Å². The van der Waals surface area contributed by atoms with Crippen LogP contribution in [-0.2, 0) is 16.1 Å². The van der Waals surface area contributed by atoms with Gasteiger partial charge in [-0.2, -0.15) is 0 Å². The second kappa shape index (κ2) is 8.27. The van der Waals surface area contributed by atoms with E-state index < -0.39 is 0 Å². The topological polar surface area (TPSA) is 67.3 Å². The maximum absolute atomic E-state index is 12.5. The lowest BCUT2D eigenvalue weighted by Gasteiger charge is -2.22. The van der Waals surface area contributed by atoms with E-state index >= 15 is 0 Å². The number of nitrogens with one attached hydrogen (secondary N) is 1. The lowest BCUT2D eigenvalue weighted by Crippen LogP contribution is -2.35. The molecule has 1 aromatic heterocycles. The molecule has 5 rings (SSSR count). The predicted molar refractivity (Wildman–Crippen MR) is 122 cm³/mol. The molecule has 1 N–H and O–H groups in total. The third-order valence-electron chi connectivity index (χ3n) is 6.07. The van der Waals surface area contributed by atoms with Crippen LogP contribution < -0.4 is 5.32 Å². The fourth-order valence-corrected chi connectivity index (χ4v) is 4.10. The Morgan fingerprint density at radius 3 is 2.74 bits per heavy atom. The van der Waals surface area contributed by atoms with Gasteiger partial charge in [0.2, 0.25) is 5.91 Å². The molecule has 0 bridgehead atoms. The lowest BCUT2D eigenvalue weighted by molar-refractivity contribution is -0.136. The van der Waals surface area contributed by atoms with Gasteiger partial charge in [0.1, 0.15) is 18.8 Å². The van der Waals surface area contributed by atoms with Crippen LogP contribution in [0.5, 0.6) is 0 Å². The van der Waals surface area contributed by atoms with Crippen molar-refractivity contribution in [3.63, 3.8) is 0 Å². The second-order valence-electron chi connectivity index (χ2n) is 8.71. The van der Waals surface area contributed by atoms with Crippen LogP contribution >= 0.6 is 0 Å². The van der Waals surface area contributed by atoms with Crippen molar-refractivity contribution >= 4 is 22.6 Å². The van der Waals surface area contributed by atoms with Gasteiger partial charge < -0.3 is 15.0 Å². The standard InChI is InChI=1S/C25H28N4O2/c1-16-10-23-22(25(27-15-26-23)28-19-6-7-19)12-21(16)18-5-3-4-17(11-18)13-29(20-8-9-20)24(30)14-31-2/h3-5,10-12,15,19-20H,6-9,13-14H2,1-2H3,(H,26,27,28). The van der Waals surface area contributed by atoms with Crippen molar-refractivity contribution in [3.8, 4) is 11.1 Å². The number of amides is 1. The highest BCUT2D eigenvalue weighted by Crippen LogP contribution is 2.34. The van der Waals surface area contributed by atoms with Gasteiger partial charge in [-0.1, -0.05) is 18.2 Å². The molecule has 0 saturated heterocycles. The van der Waals surface area contributed by atoms with Crippen molar-refractivity contribution < 1.29 is 9.53 Å². The fraction of sp³-hybridized carbons (Fsp3) is 0.400. The first-order valence-electron chi connectivity index (χ1n) is 11.0. The number of methoxy groups -OCH3 is 1. The number of nitrogens with zero attached hydrogens (tertiary/aromatic N) is 3. The second-order valence-corrected chi connectivity index (χ2v) is 8.71. The number of fused-ring (bicyclic) bond motifs is 1. The van der Waals surface area contributed by atoms with E-state index in [0.717, 1.165) is 40.7 Å². The Hall–Kier alpha value is -2.99. The molecule has 0 radical (unpaired) electrons. The van der Waals surface area contributed by atoms with Crippen LogP contribution in [0.3, 0.4) is 0 Å². The summed E-state index contributed by atoms with van der Waals surface area (Å²) in [6, 6.07) is 13.7. The molecule has 6 heteroatoms. The van der Waals surface area contributed by atoms with Gasteiger partial charge in [-0.15, -0.1) is 0 Å². The van der Waals surface area contributed by atoms with Gasteiger partial charge in [0.25, 0.3) is 0 Å². The number of aromatic nitrogens is 2. The normalized spacial score (nSPS) is 15.8. The Morgan fingerprint density at radius 1 is 1.16 bits per heavy atom. The van der Waals surface area contributed by atoms with Crippen molar-refractivity contribution in [2.24, 2.45) is 0 Å². The van der Waals surface area contributed by atoms with E-state index in [1.807, 2.05) is 4.90 Å². The van der Waals surface area contributed by atoms with Crippen molar-refractivity contribution in [1.82, 2.24) is 14.9 Å². The largest absolute Gasteiger partial charge is 0.375 e. The summed E-state index contributed by atoms with van der Waals surface area (Å²) in [7, 11) is 1.57. The maximum Gasteiger partial charge on any atom is 0.249 e. The van der Waals surface area contributed by atoms with Crippen LogP contribution in [0.2, 0.25) is 0 Å². The van der Waals surface area contributed by atoms with E-state index in [2.05, 4.69) is 58.6 Å². The summed E-state index contributed by atoms with van der Waals surface area (Å²) >= 11 is 0. The van der Waals surface area contributed by atoms with Crippen molar-refractivity contribution in [1.29, 1.82) is 0 Å². The van der Waals surface area contributed by atoms with Crippen molar-refractivity contribution in [2.75, 3.05) is 19.0 Å². The van der Waals surface area contributed by atoms with Crippen LogP contribution in [0.25, 0.3) is 22.0 Å². The number of aryl methyl sites for hydroxylation is 1. The van der Waals surface area contributed by atoms with Crippen LogP contribution in [0.4, 0.5) is 5.82 Å². The first-order valence-corrected chi connectivity index (χ1v) is 11.0. The summed E-state index contributed by atoms with van der Waals surface area (Å²) in [4.78, 5) is 23.4. The average molecular weight is 417 g/mol. The minimum Gasteiger partial charge on any atom is -0.375 e. The quantitative estimate of drug-likeness (QED) is 0.592. The highest BCUT2D eigenvalue weighted by molar-refractivity contribution is 5.94. The number of benzene rings is 2. The molecule has 2 aliphatic carbocycles. The van der Waals surface area contributed by atoms with Crippen LogP contribution in [0.15, 0.2) is 42.7 Å². The molecule has 31 heavy (non-hydrogen) atoms. The number of ether oxygens (including phenoxy) is 1. The minimum atomic E-state index is 0.0604. The predicted octanol–water partition coefficient (Wildman–Crippen LogP) is 4.32. The summed E-state index contributed by atoms with van der Waals surface area (Å²) in [5, 5.41) is 4.58. The fourth-order valence-electron chi connectivity index (χ4n) is 4.10. The molecule has 1 heterocycles. The highest BCUT2D eigenvalue weighted by atomic mass is 16.5. The SMILES string of the molecule is COCC(=O)N(Cc1cccc(-c2cc3c(NC4CC4)ncnc3cc2C)c1)C1CC1. The highest BCUT2D eigenvalue weighted by Gasteiger charge is 2.32. The molecule has 0 unspecified atom stereocenters. The van der Waals surface area contributed by atoms with E-state index in [9.17, 15) is 4.79 Å². The van der Waals surface area contributed by atoms with Crippen molar-refractivity contribution in [3.05, 3.63) is 53.9 Å². The summed E-state index contributed by atoms with van der Waals surface area (Å²) < 4.78 is 5.08. The zero-order valence-corrected chi connectivity index (χ0v) is 18.1. The Balaban J connectivity index is 1.47. The van der Waals surface area contributed by atoms with E-state index in [1.54, 1.807) is 13.4 Å². The molecule has 3 aromatic rings. The van der Waals surface area contributed by atoms with Crippen LogP contribution in [0.1, 0.15) is 36.8 Å². The Labute approximate surface area is 182 Å². The molecular weight excluding hydrogens is 388 g/mol. The molecular formula is C25H28N4O2.